The van der Waals surface area contributed by atoms with E-state index in [0.29, 0.717) is 25.6 Å². The Hall–Kier alpha value is -1.09. The monoisotopic (exact) mass is 409 g/mol. The average Bonchev–Trinajstić information content (AvgIpc) is 2.88. The van der Waals surface area contributed by atoms with Crippen LogP contribution in [0.25, 0.3) is 0 Å². The maximum absolute atomic E-state index is 11.9. The van der Waals surface area contributed by atoms with E-state index >= 15 is 0 Å². The van der Waals surface area contributed by atoms with Crippen LogP contribution in [0.15, 0.2) is 24.3 Å². The van der Waals surface area contributed by atoms with Crippen LogP contribution in [0.5, 0.6) is 5.75 Å². The molecule has 0 unspecified atom stereocenters. The van der Waals surface area contributed by atoms with Gasteiger partial charge in [0.2, 0.25) is 10.0 Å². The molecule has 156 valence electrons. The van der Waals surface area contributed by atoms with Crippen LogP contribution in [0, 0.1) is 5.92 Å². The minimum Gasteiger partial charge on any atom is -0.493 e. The third-order valence-corrected chi connectivity index (χ3v) is 8.10. The number of nitrogens with zero attached hydrogens (tertiary/aromatic N) is 1. The first-order chi connectivity index (χ1) is 13.0. The Kier molecular flexibility index (Phi) is 6.16. The molecule has 0 amide bonds. The predicted molar refractivity (Wildman–Crippen MR) is 111 cm³/mol. The molecule has 1 aromatic carbocycles. The van der Waals surface area contributed by atoms with Crippen molar-refractivity contribution in [1.82, 2.24) is 4.31 Å². The third-order valence-electron chi connectivity index (χ3n) is 6.22. The molecule has 0 bridgehead atoms. The highest BCUT2D eigenvalue weighted by molar-refractivity contribution is 7.89. The summed E-state index contributed by atoms with van der Waals surface area (Å²) in [4.78, 5) is 0. The van der Waals surface area contributed by atoms with Gasteiger partial charge in [-0.2, -0.15) is 0 Å². The summed E-state index contributed by atoms with van der Waals surface area (Å²) >= 11 is 0. The number of sulfonamides is 1. The van der Waals surface area contributed by atoms with Gasteiger partial charge in [-0.15, -0.1) is 0 Å². The van der Waals surface area contributed by atoms with Crippen LogP contribution in [0.4, 0.5) is 0 Å². The van der Waals surface area contributed by atoms with E-state index in [4.69, 9.17) is 14.0 Å². The molecule has 2 heterocycles. The lowest BCUT2D eigenvalue weighted by atomic mass is 9.79. The minimum atomic E-state index is -3.07. The van der Waals surface area contributed by atoms with E-state index in [1.807, 2.05) is 52.0 Å². The van der Waals surface area contributed by atoms with Crippen LogP contribution in [0.1, 0.15) is 47.5 Å². The summed E-state index contributed by atoms with van der Waals surface area (Å²) in [6, 6.07) is 7.84. The Balaban J connectivity index is 1.50. The molecule has 0 spiro atoms. The van der Waals surface area contributed by atoms with Crippen molar-refractivity contribution >= 4 is 22.6 Å². The zero-order valence-electron chi connectivity index (χ0n) is 17.6. The van der Waals surface area contributed by atoms with E-state index in [9.17, 15) is 8.42 Å². The molecule has 2 fully saturated rings. The molecule has 0 aromatic heterocycles. The number of piperidine rings is 1. The van der Waals surface area contributed by atoms with Crippen LogP contribution in [-0.2, 0) is 19.3 Å². The van der Waals surface area contributed by atoms with Crippen LogP contribution in [0.3, 0.4) is 0 Å². The lowest BCUT2D eigenvalue weighted by Crippen LogP contribution is -2.41. The van der Waals surface area contributed by atoms with Crippen molar-refractivity contribution in [2.45, 2.75) is 58.7 Å². The van der Waals surface area contributed by atoms with E-state index in [2.05, 4.69) is 0 Å². The summed E-state index contributed by atoms with van der Waals surface area (Å²) in [5.74, 6) is 1.36. The molecule has 3 rings (SSSR count). The topological polar surface area (TPSA) is 65.1 Å². The van der Waals surface area contributed by atoms with E-state index in [-0.39, 0.29) is 24.1 Å². The van der Waals surface area contributed by atoms with Gasteiger partial charge >= 0.3 is 7.12 Å². The summed E-state index contributed by atoms with van der Waals surface area (Å²) in [7, 11) is -3.44. The first-order valence-electron chi connectivity index (χ1n) is 10.1. The Labute approximate surface area is 169 Å². The molecular weight excluding hydrogens is 377 g/mol. The van der Waals surface area contributed by atoms with Gasteiger partial charge in [-0.1, -0.05) is 12.1 Å². The Morgan fingerprint density at radius 2 is 1.61 bits per heavy atom. The van der Waals surface area contributed by atoms with Gasteiger partial charge in [0.05, 0.1) is 23.6 Å². The fourth-order valence-corrected chi connectivity index (χ4v) is 4.58. The number of rotatable bonds is 6. The van der Waals surface area contributed by atoms with Gasteiger partial charge in [-0.05, 0) is 71.0 Å². The molecule has 6 nitrogen and oxygen atoms in total. The highest BCUT2D eigenvalue weighted by Crippen LogP contribution is 2.36. The molecule has 0 atom stereocenters. The lowest BCUT2D eigenvalue weighted by Gasteiger charge is -2.32. The van der Waals surface area contributed by atoms with Crippen molar-refractivity contribution in [3.05, 3.63) is 24.3 Å². The van der Waals surface area contributed by atoms with Gasteiger partial charge in [-0.3, -0.25) is 0 Å². The Morgan fingerprint density at radius 1 is 1.07 bits per heavy atom. The molecule has 0 aliphatic carbocycles. The largest absolute Gasteiger partial charge is 0.494 e. The molecule has 8 heteroatoms. The standard InChI is InChI=1S/C20H32BNO5S/c1-6-28(23,24)22-13-11-16(12-14-22)15-25-18-9-7-17(8-10-18)21-26-19(2,3)20(4,5)27-21/h7-10,16H,6,11-15H2,1-5H3. The predicted octanol–water partition coefficient (Wildman–Crippen LogP) is 2.43. The van der Waals surface area contributed by atoms with E-state index < -0.39 is 10.0 Å². The van der Waals surface area contributed by atoms with Crippen LogP contribution < -0.4 is 10.2 Å². The average molecular weight is 409 g/mol. The fourth-order valence-electron chi connectivity index (χ4n) is 3.45. The van der Waals surface area contributed by atoms with Crippen LogP contribution in [0.2, 0.25) is 0 Å². The molecule has 28 heavy (non-hydrogen) atoms. The molecule has 2 aliphatic heterocycles. The first-order valence-corrected chi connectivity index (χ1v) is 11.7. The van der Waals surface area contributed by atoms with Gasteiger partial charge < -0.3 is 14.0 Å². The van der Waals surface area contributed by atoms with Crippen molar-refractivity contribution in [3.8, 4) is 5.75 Å². The zero-order valence-corrected chi connectivity index (χ0v) is 18.4. The minimum absolute atomic E-state index is 0.170. The highest BCUT2D eigenvalue weighted by atomic mass is 32.2. The van der Waals surface area contributed by atoms with E-state index in [0.717, 1.165) is 24.1 Å². The Bertz CT molecular complexity index is 754. The lowest BCUT2D eigenvalue weighted by molar-refractivity contribution is 0.00578. The second-order valence-electron chi connectivity index (χ2n) is 8.71. The summed E-state index contributed by atoms with van der Waals surface area (Å²) in [5, 5.41) is 0. The Morgan fingerprint density at radius 3 is 2.11 bits per heavy atom. The number of benzene rings is 1. The number of hydrogen-bond donors (Lipinski definition) is 0. The summed E-state index contributed by atoms with van der Waals surface area (Å²) in [6.07, 6.45) is 1.68. The van der Waals surface area contributed by atoms with Crippen LogP contribution >= 0.6 is 0 Å². The van der Waals surface area contributed by atoms with Gasteiger partial charge in [0.1, 0.15) is 5.75 Å². The van der Waals surface area contributed by atoms with Crippen LogP contribution in [-0.4, -0.2) is 56.5 Å². The van der Waals surface area contributed by atoms with Gasteiger partial charge in [0.25, 0.3) is 0 Å². The molecule has 0 N–H and O–H groups in total. The SMILES string of the molecule is CCS(=O)(=O)N1CCC(COc2ccc(B3OC(C)(C)C(C)(C)O3)cc2)CC1. The molecule has 1 aromatic rings. The quantitative estimate of drug-likeness (QED) is 0.676. The second-order valence-corrected chi connectivity index (χ2v) is 11.0. The van der Waals surface area contributed by atoms with Gasteiger partial charge in [-0.25, -0.2) is 12.7 Å². The summed E-state index contributed by atoms with van der Waals surface area (Å²) in [6.45, 7) is 11.6. The normalized spacial score (nSPS) is 23.1. The highest BCUT2D eigenvalue weighted by Gasteiger charge is 2.51. The maximum Gasteiger partial charge on any atom is 0.494 e. The van der Waals surface area contributed by atoms with Crippen molar-refractivity contribution in [3.63, 3.8) is 0 Å². The van der Waals surface area contributed by atoms with E-state index in [1.165, 1.54) is 0 Å². The van der Waals surface area contributed by atoms with Gasteiger partial charge in [0.15, 0.2) is 0 Å². The van der Waals surface area contributed by atoms with E-state index in [1.54, 1.807) is 11.2 Å². The second kappa shape index (κ2) is 7.97. The molecule has 0 radical (unpaired) electrons. The summed E-state index contributed by atoms with van der Waals surface area (Å²) in [5.41, 5.74) is 0.268. The van der Waals surface area contributed by atoms with Crippen molar-refractivity contribution in [1.29, 1.82) is 0 Å². The maximum atomic E-state index is 11.9. The van der Waals surface area contributed by atoms with Crippen molar-refractivity contribution in [2.75, 3.05) is 25.4 Å². The molecule has 2 saturated heterocycles. The van der Waals surface area contributed by atoms with Crippen molar-refractivity contribution < 1.29 is 22.5 Å². The smallest absolute Gasteiger partial charge is 0.493 e. The first kappa shape index (κ1) is 21.6. The third kappa shape index (κ3) is 4.56. The van der Waals surface area contributed by atoms with Gasteiger partial charge in [0, 0.05) is 13.1 Å². The fraction of sp³-hybridized carbons (Fsp3) is 0.700. The number of ether oxygens (including phenoxy) is 1. The zero-order chi connectivity index (χ0) is 20.6. The number of hydrogen-bond acceptors (Lipinski definition) is 5. The molecule has 0 saturated carbocycles. The molecule has 2 aliphatic rings. The molecular formula is C20H32BNO5S. The summed E-state index contributed by atoms with van der Waals surface area (Å²) < 4.78 is 43.6. The van der Waals surface area contributed by atoms with Crippen molar-refractivity contribution in [2.24, 2.45) is 5.92 Å².